The van der Waals surface area contributed by atoms with Crippen LogP contribution in [0.25, 0.3) is 0 Å². The number of benzene rings is 1. The van der Waals surface area contributed by atoms with Crippen LogP contribution in [0.2, 0.25) is 0 Å². The molecule has 2 nitrogen and oxygen atoms in total. The van der Waals surface area contributed by atoms with Crippen molar-refractivity contribution in [2.75, 3.05) is 0 Å². The third kappa shape index (κ3) is 1.59. The van der Waals surface area contributed by atoms with Gasteiger partial charge < -0.3 is 5.73 Å². The Kier molecular flexibility index (Phi) is 2.39. The van der Waals surface area contributed by atoms with E-state index in [9.17, 15) is 4.79 Å². The fraction of sp³-hybridized carbons (Fsp3) is 0.462. The van der Waals surface area contributed by atoms with E-state index in [-0.39, 0.29) is 5.54 Å². The smallest absolute Gasteiger partial charge is 0.150 e. The molecule has 1 aliphatic rings. The van der Waals surface area contributed by atoms with Gasteiger partial charge in [-0.1, -0.05) is 6.07 Å². The van der Waals surface area contributed by atoms with Gasteiger partial charge in [-0.15, -0.1) is 0 Å². The minimum atomic E-state index is -0.129. The van der Waals surface area contributed by atoms with E-state index in [2.05, 4.69) is 6.07 Å². The van der Waals surface area contributed by atoms with Crippen LogP contribution in [0.4, 0.5) is 0 Å². The molecule has 2 heteroatoms. The fourth-order valence-electron chi connectivity index (χ4n) is 2.33. The monoisotopic (exact) mass is 203 g/mol. The Balaban J connectivity index is 2.49. The molecule has 1 aromatic rings. The maximum Gasteiger partial charge on any atom is 0.150 e. The molecular formula is C13H17NO. The highest BCUT2D eigenvalue weighted by Gasteiger charge is 2.35. The molecule has 0 atom stereocenters. The summed E-state index contributed by atoms with van der Waals surface area (Å²) in [5.41, 5.74) is 10.3. The van der Waals surface area contributed by atoms with Crippen LogP contribution in [0.5, 0.6) is 0 Å². The highest BCUT2D eigenvalue weighted by Crippen LogP contribution is 2.40. The zero-order valence-electron chi connectivity index (χ0n) is 9.34. The van der Waals surface area contributed by atoms with Gasteiger partial charge in [0.15, 0.2) is 0 Å². The van der Waals surface area contributed by atoms with E-state index in [1.54, 1.807) is 0 Å². The third-order valence-corrected chi connectivity index (χ3v) is 3.52. The number of hydrogen-bond donors (Lipinski definition) is 1. The molecule has 0 bridgehead atoms. The van der Waals surface area contributed by atoms with Crippen LogP contribution in [0.1, 0.15) is 46.3 Å². The predicted octanol–water partition coefficient (Wildman–Crippen LogP) is 2.45. The van der Waals surface area contributed by atoms with Crippen molar-refractivity contribution in [1.29, 1.82) is 0 Å². The molecule has 1 fully saturated rings. The lowest BCUT2D eigenvalue weighted by atomic mass is 9.71. The van der Waals surface area contributed by atoms with Gasteiger partial charge >= 0.3 is 0 Å². The zero-order valence-corrected chi connectivity index (χ0v) is 9.34. The summed E-state index contributed by atoms with van der Waals surface area (Å²) in [5.74, 6) is 0. The number of carbonyl (C=O) groups is 1. The molecule has 0 heterocycles. The molecule has 80 valence electrons. The second-order valence-electron chi connectivity index (χ2n) is 4.65. The van der Waals surface area contributed by atoms with Crippen molar-refractivity contribution >= 4 is 6.29 Å². The molecule has 0 spiro atoms. The number of rotatable bonds is 2. The maximum absolute atomic E-state index is 10.8. The highest BCUT2D eigenvalue weighted by atomic mass is 16.1. The molecule has 0 saturated heterocycles. The molecule has 0 aliphatic heterocycles. The minimum absolute atomic E-state index is 0.129. The number of aryl methyl sites for hydroxylation is 2. The van der Waals surface area contributed by atoms with Crippen LogP contribution < -0.4 is 5.73 Å². The van der Waals surface area contributed by atoms with Gasteiger partial charge in [-0.2, -0.15) is 0 Å². The second-order valence-corrected chi connectivity index (χ2v) is 4.65. The van der Waals surface area contributed by atoms with E-state index in [0.29, 0.717) is 0 Å². The highest BCUT2D eigenvalue weighted by molar-refractivity contribution is 5.78. The van der Waals surface area contributed by atoms with Gasteiger partial charge in [0.2, 0.25) is 0 Å². The van der Waals surface area contributed by atoms with Crippen molar-refractivity contribution < 1.29 is 4.79 Å². The van der Waals surface area contributed by atoms with Crippen LogP contribution in [0, 0.1) is 13.8 Å². The van der Waals surface area contributed by atoms with Crippen molar-refractivity contribution in [3.8, 4) is 0 Å². The molecule has 2 N–H and O–H groups in total. The Morgan fingerprint density at radius 2 is 1.93 bits per heavy atom. The Morgan fingerprint density at radius 1 is 1.27 bits per heavy atom. The van der Waals surface area contributed by atoms with E-state index in [0.717, 1.165) is 35.8 Å². The van der Waals surface area contributed by atoms with Crippen molar-refractivity contribution in [2.45, 2.75) is 38.6 Å². The van der Waals surface area contributed by atoms with E-state index in [1.165, 1.54) is 12.0 Å². The Labute approximate surface area is 90.5 Å². The van der Waals surface area contributed by atoms with Gasteiger partial charge in [0.05, 0.1) is 0 Å². The lowest BCUT2D eigenvalue weighted by Gasteiger charge is -2.40. The number of hydrogen-bond acceptors (Lipinski definition) is 2. The topological polar surface area (TPSA) is 43.1 Å². The van der Waals surface area contributed by atoms with Gasteiger partial charge in [0.1, 0.15) is 6.29 Å². The van der Waals surface area contributed by atoms with E-state index < -0.39 is 0 Å². The number of aldehydes is 1. The van der Waals surface area contributed by atoms with Gasteiger partial charge in [-0.25, -0.2) is 0 Å². The summed E-state index contributed by atoms with van der Waals surface area (Å²) in [4.78, 5) is 10.8. The van der Waals surface area contributed by atoms with Crippen LogP contribution in [-0.2, 0) is 5.54 Å². The summed E-state index contributed by atoms with van der Waals surface area (Å²) < 4.78 is 0. The average Bonchev–Trinajstić information content (AvgIpc) is 2.17. The molecule has 1 saturated carbocycles. The lowest BCUT2D eigenvalue weighted by molar-refractivity contribution is 0.112. The van der Waals surface area contributed by atoms with Crippen molar-refractivity contribution in [1.82, 2.24) is 0 Å². The van der Waals surface area contributed by atoms with Crippen LogP contribution in [0.3, 0.4) is 0 Å². The summed E-state index contributed by atoms with van der Waals surface area (Å²) in [6.45, 7) is 4.00. The minimum Gasteiger partial charge on any atom is -0.321 e. The second kappa shape index (κ2) is 3.46. The first-order valence-electron chi connectivity index (χ1n) is 5.42. The first-order chi connectivity index (χ1) is 7.07. The number of carbonyl (C=O) groups excluding carboxylic acids is 1. The zero-order chi connectivity index (χ0) is 11.1. The van der Waals surface area contributed by atoms with Gasteiger partial charge in [0.25, 0.3) is 0 Å². The maximum atomic E-state index is 10.8. The summed E-state index contributed by atoms with van der Waals surface area (Å²) >= 11 is 0. The molecule has 0 amide bonds. The SMILES string of the molecule is Cc1cc(C2(N)CCC2)c(C)cc1C=O. The molecule has 0 unspecified atom stereocenters. The van der Waals surface area contributed by atoms with Crippen LogP contribution in [0.15, 0.2) is 12.1 Å². The number of nitrogens with two attached hydrogens (primary N) is 1. The van der Waals surface area contributed by atoms with Crippen molar-refractivity contribution in [3.63, 3.8) is 0 Å². The molecule has 0 aromatic heterocycles. The first-order valence-corrected chi connectivity index (χ1v) is 5.42. The van der Waals surface area contributed by atoms with Gasteiger partial charge in [-0.3, -0.25) is 4.79 Å². The Hall–Kier alpha value is -1.15. The summed E-state index contributed by atoms with van der Waals surface area (Å²) in [5, 5.41) is 0. The largest absolute Gasteiger partial charge is 0.321 e. The molecule has 2 rings (SSSR count). The summed E-state index contributed by atoms with van der Waals surface area (Å²) in [6.07, 6.45) is 4.25. The molecule has 1 aliphatic carbocycles. The van der Waals surface area contributed by atoms with Crippen molar-refractivity contribution in [3.05, 3.63) is 34.4 Å². The van der Waals surface area contributed by atoms with E-state index in [1.807, 2.05) is 19.9 Å². The van der Waals surface area contributed by atoms with E-state index >= 15 is 0 Å². The van der Waals surface area contributed by atoms with E-state index in [4.69, 9.17) is 5.73 Å². The summed E-state index contributed by atoms with van der Waals surface area (Å²) in [6, 6.07) is 4.03. The lowest BCUT2D eigenvalue weighted by Crippen LogP contribution is -2.43. The van der Waals surface area contributed by atoms with Gasteiger partial charge in [0, 0.05) is 11.1 Å². The fourth-order valence-corrected chi connectivity index (χ4v) is 2.33. The normalized spacial score (nSPS) is 18.3. The first kappa shape index (κ1) is 10.4. The average molecular weight is 203 g/mol. The molecule has 15 heavy (non-hydrogen) atoms. The molecule has 0 radical (unpaired) electrons. The standard InChI is InChI=1S/C13H17NO/c1-9-7-12(13(14)4-3-5-13)10(2)6-11(9)8-15/h6-8H,3-5,14H2,1-2H3. The quantitative estimate of drug-likeness (QED) is 0.750. The van der Waals surface area contributed by atoms with Crippen LogP contribution in [-0.4, -0.2) is 6.29 Å². The van der Waals surface area contributed by atoms with Gasteiger partial charge in [-0.05, 0) is 55.9 Å². The predicted molar refractivity (Wildman–Crippen MR) is 61.0 cm³/mol. The summed E-state index contributed by atoms with van der Waals surface area (Å²) in [7, 11) is 0. The third-order valence-electron chi connectivity index (χ3n) is 3.52. The molecule has 1 aromatic carbocycles. The van der Waals surface area contributed by atoms with Crippen LogP contribution >= 0.6 is 0 Å². The van der Waals surface area contributed by atoms with Crippen molar-refractivity contribution in [2.24, 2.45) is 5.73 Å². The Morgan fingerprint density at radius 3 is 2.40 bits per heavy atom. The molecular weight excluding hydrogens is 186 g/mol. The Bertz CT molecular complexity index is 405.